The third-order valence-electron chi connectivity index (χ3n) is 4.21. The molecule has 0 saturated heterocycles. The molecule has 0 saturated carbocycles. The first-order chi connectivity index (χ1) is 12.8. The maximum Gasteiger partial charge on any atom is 0.257 e. The molecule has 0 bridgehead atoms. The highest BCUT2D eigenvalue weighted by Gasteiger charge is 2.23. The van der Waals surface area contributed by atoms with Crippen molar-refractivity contribution in [3.63, 3.8) is 0 Å². The van der Waals surface area contributed by atoms with Gasteiger partial charge in [0, 0.05) is 30.0 Å². The van der Waals surface area contributed by atoms with Crippen molar-refractivity contribution in [2.75, 3.05) is 12.8 Å². The minimum absolute atomic E-state index is 0.268. The zero-order valence-electron chi connectivity index (χ0n) is 14.3. The van der Waals surface area contributed by atoms with Gasteiger partial charge < -0.3 is 10.5 Å². The number of methoxy groups -OCH3 is 1. The van der Waals surface area contributed by atoms with Gasteiger partial charge in [-0.1, -0.05) is 30.3 Å². The van der Waals surface area contributed by atoms with Crippen LogP contribution in [-0.2, 0) is 0 Å². The van der Waals surface area contributed by atoms with Gasteiger partial charge in [-0.15, -0.1) is 0 Å². The van der Waals surface area contributed by atoms with Gasteiger partial charge in [0.2, 0.25) is 0 Å². The number of hydrogen-bond donors (Lipinski definition) is 1. The Hall–Kier alpha value is -3.54. The molecule has 2 aromatic heterocycles. The van der Waals surface area contributed by atoms with Crippen LogP contribution >= 0.6 is 0 Å². The third-order valence-corrected chi connectivity index (χ3v) is 4.21. The predicted molar refractivity (Wildman–Crippen MR) is 102 cm³/mol. The number of nitrogen functional groups attached to an aromatic ring is 1. The largest absolute Gasteiger partial charge is 0.478 e. The van der Waals surface area contributed by atoms with Crippen LogP contribution in [0.2, 0.25) is 0 Å². The van der Waals surface area contributed by atoms with Crippen molar-refractivity contribution in [3.8, 4) is 5.88 Å². The fraction of sp³-hybridized carbons (Fsp3) is 0.100. The summed E-state index contributed by atoms with van der Waals surface area (Å²) < 4.78 is 5.23. The van der Waals surface area contributed by atoms with Crippen LogP contribution in [0.15, 0.2) is 66.0 Å². The van der Waals surface area contributed by atoms with Crippen molar-refractivity contribution in [3.05, 3.63) is 77.9 Å². The smallest absolute Gasteiger partial charge is 0.257 e. The van der Waals surface area contributed by atoms with Crippen LogP contribution in [0.5, 0.6) is 5.88 Å². The minimum Gasteiger partial charge on any atom is -0.478 e. The number of allylic oxidation sites excluding steroid dienone is 1. The van der Waals surface area contributed by atoms with Crippen LogP contribution in [-0.4, -0.2) is 27.8 Å². The molecule has 0 aliphatic carbocycles. The summed E-state index contributed by atoms with van der Waals surface area (Å²) >= 11 is 0. The number of hydrogen-bond acceptors (Lipinski definition) is 6. The van der Waals surface area contributed by atoms with E-state index >= 15 is 0 Å². The second kappa shape index (κ2) is 6.76. The molecule has 4 rings (SSSR count). The van der Waals surface area contributed by atoms with Gasteiger partial charge in [0.1, 0.15) is 0 Å². The summed E-state index contributed by atoms with van der Waals surface area (Å²) in [6, 6.07) is 14.0. The quantitative estimate of drug-likeness (QED) is 0.786. The van der Waals surface area contributed by atoms with Crippen molar-refractivity contribution < 1.29 is 4.74 Å². The van der Waals surface area contributed by atoms with Crippen LogP contribution in [0, 0.1) is 0 Å². The molecule has 0 amide bonds. The number of aliphatic imine (C=N–C) groups is 1. The predicted octanol–water partition coefficient (Wildman–Crippen LogP) is 3.22. The van der Waals surface area contributed by atoms with Crippen LogP contribution in [0.4, 0.5) is 5.82 Å². The van der Waals surface area contributed by atoms with E-state index in [1.54, 1.807) is 18.6 Å². The average molecular weight is 343 g/mol. The standard InChI is InChI=1S/C20H17N5O/c1-26-20-19(21)23-12-17(25-20)15-11-16(13-5-3-2-4-6-13)24-18(15)14-7-9-22-10-8-14/h2-10,12H,11H2,1H3,(H2,21,23). The molecule has 0 radical (unpaired) electrons. The van der Waals surface area contributed by atoms with Crippen LogP contribution in [0.25, 0.3) is 11.3 Å². The van der Waals surface area contributed by atoms with Crippen molar-refractivity contribution in [2.45, 2.75) is 6.42 Å². The Morgan fingerprint density at radius 1 is 1.00 bits per heavy atom. The summed E-state index contributed by atoms with van der Waals surface area (Å²) in [6.45, 7) is 0. The van der Waals surface area contributed by atoms with E-state index in [4.69, 9.17) is 15.5 Å². The first-order valence-electron chi connectivity index (χ1n) is 8.19. The number of pyridine rings is 1. The number of nitrogens with two attached hydrogens (primary N) is 1. The molecule has 0 unspecified atom stereocenters. The molecule has 6 nitrogen and oxygen atoms in total. The summed E-state index contributed by atoms with van der Waals surface area (Å²) in [7, 11) is 1.53. The van der Waals surface area contributed by atoms with E-state index in [1.165, 1.54) is 7.11 Å². The Bertz CT molecular complexity index is 997. The first kappa shape index (κ1) is 16.0. The van der Waals surface area contributed by atoms with Gasteiger partial charge in [-0.05, 0) is 17.7 Å². The maximum absolute atomic E-state index is 5.81. The number of benzene rings is 1. The zero-order chi connectivity index (χ0) is 17.9. The Balaban J connectivity index is 1.83. The van der Waals surface area contributed by atoms with Crippen LogP contribution < -0.4 is 10.5 Å². The zero-order valence-corrected chi connectivity index (χ0v) is 14.3. The lowest BCUT2D eigenvalue weighted by Crippen LogP contribution is -2.03. The molecule has 0 fully saturated rings. The van der Waals surface area contributed by atoms with Crippen LogP contribution in [0.3, 0.4) is 0 Å². The molecule has 6 heteroatoms. The lowest BCUT2D eigenvalue weighted by atomic mass is 10.0. The molecule has 1 aliphatic heterocycles. The summed E-state index contributed by atoms with van der Waals surface area (Å²) in [5.74, 6) is 0.585. The van der Waals surface area contributed by atoms with E-state index in [0.29, 0.717) is 18.0 Å². The molecule has 2 N–H and O–H groups in total. The van der Waals surface area contributed by atoms with E-state index in [1.807, 2.05) is 30.3 Å². The molecule has 26 heavy (non-hydrogen) atoms. The molecule has 128 valence electrons. The van der Waals surface area contributed by atoms with Gasteiger partial charge in [0.25, 0.3) is 5.88 Å². The Labute approximate surface area is 151 Å². The number of ether oxygens (including phenoxy) is 1. The fourth-order valence-corrected chi connectivity index (χ4v) is 2.93. The summed E-state index contributed by atoms with van der Waals surface area (Å²) in [5, 5.41) is 0. The number of anilines is 1. The normalized spacial score (nSPS) is 13.7. The van der Waals surface area contributed by atoms with E-state index in [0.717, 1.165) is 28.1 Å². The second-order valence-electron chi connectivity index (χ2n) is 5.81. The average Bonchev–Trinajstić information content (AvgIpc) is 3.15. The highest BCUT2D eigenvalue weighted by atomic mass is 16.5. The second-order valence-corrected chi connectivity index (χ2v) is 5.81. The van der Waals surface area contributed by atoms with E-state index in [2.05, 4.69) is 27.1 Å². The fourth-order valence-electron chi connectivity index (χ4n) is 2.93. The van der Waals surface area contributed by atoms with Crippen LogP contribution in [0.1, 0.15) is 23.2 Å². The maximum atomic E-state index is 5.81. The van der Waals surface area contributed by atoms with Gasteiger partial charge in [0.15, 0.2) is 5.82 Å². The van der Waals surface area contributed by atoms with Gasteiger partial charge in [-0.25, -0.2) is 9.97 Å². The summed E-state index contributed by atoms with van der Waals surface area (Å²) in [4.78, 5) is 17.7. The van der Waals surface area contributed by atoms with Crippen molar-refractivity contribution in [1.29, 1.82) is 0 Å². The number of rotatable bonds is 4. The monoisotopic (exact) mass is 343 g/mol. The van der Waals surface area contributed by atoms with Crippen molar-refractivity contribution >= 4 is 22.8 Å². The SMILES string of the molecule is COc1nc(C2=C(c3ccncc3)N=C(c3ccccc3)C2)cnc1N. The number of aromatic nitrogens is 3. The third kappa shape index (κ3) is 2.93. The molecule has 0 spiro atoms. The van der Waals surface area contributed by atoms with E-state index in [-0.39, 0.29) is 5.82 Å². The van der Waals surface area contributed by atoms with Gasteiger partial charge in [-0.3, -0.25) is 9.98 Å². The summed E-state index contributed by atoms with van der Waals surface area (Å²) in [5.41, 5.74) is 11.4. The van der Waals surface area contributed by atoms with E-state index in [9.17, 15) is 0 Å². The molecule has 1 aliphatic rings. The Morgan fingerprint density at radius 2 is 1.77 bits per heavy atom. The number of nitrogens with zero attached hydrogens (tertiary/aromatic N) is 4. The molecule has 1 aromatic carbocycles. The van der Waals surface area contributed by atoms with Gasteiger partial charge in [-0.2, -0.15) is 0 Å². The molecular weight excluding hydrogens is 326 g/mol. The highest BCUT2D eigenvalue weighted by molar-refractivity contribution is 6.16. The molecular formula is C20H17N5O. The Kier molecular flexibility index (Phi) is 4.15. The lowest BCUT2D eigenvalue weighted by Gasteiger charge is -2.08. The highest BCUT2D eigenvalue weighted by Crippen LogP contribution is 2.36. The topological polar surface area (TPSA) is 86.3 Å². The molecule has 3 aromatic rings. The van der Waals surface area contributed by atoms with E-state index < -0.39 is 0 Å². The minimum atomic E-state index is 0.268. The van der Waals surface area contributed by atoms with Crippen molar-refractivity contribution in [2.24, 2.45) is 4.99 Å². The molecule has 0 atom stereocenters. The van der Waals surface area contributed by atoms with Gasteiger partial charge >= 0.3 is 0 Å². The molecule has 3 heterocycles. The van der Waals surface area contributed by atoms with Gasteiger partial charge in [0.05, 0.1) is 30.4 Å². The lowest BCUT2D eigenvalue weighted by molar-refractivity contribution is 0.398. The summed E-state index contributed by atoms with van der Waals surface area (Å²) in [6.07, 6.45) is 5.83. The van der Waals surface area contributed by atoms with Crippen molar-refractivity contribution in [1.82, 2.24) is 15.0 Å². The Morgan fingerprint density at radius 3 is 2.50 bits per heavy atom. The first-order valence-corrected chi connectivity index (χ1v) is 8.19.